The summed E-state index contributed by atoms with van der Waals surface area (Å²) in [6, 6.07) is 5.74. The Morgan fingerprint density at radius 1 is 1.37 bits per heavy atom. The number of morpholine rings is 1. The summed E-state index contributed by atoms with van der Waals surface area (Å²) < 4.78 is 19.5. The molecule has 0 unspecified atom stereocenters. The lowest BCUT2D eigenvalue weighted by Crippen LogP contribution is -2.36. The summed E-state index contributed by atoms with van der Waals surface area (Å²) in [7, 11) is 0. The molecule has 1 aromatic rings. The number of hydrogen-bond donors (Lipinski definition) is 1. The van der Waals surface area contributed by atoms with Crippen LogP contribution in [0.3, 0.4) is 0 Å². The summed E-state index contributed by atoms with van der Waals surface area (Å²) in [6.45, 7) is 8.03. The molecule has 0 aliphatic carbocycles. The zero-order valence-corrected chi connectivity index (χ0v) is 11.8. The Labute approximate surface area is 114 Å². The molecule has 1 atom stereocenters. The van der Waals surface area contributed by atoms with Crippen LogP contribution in [0.2, 0.25) is 0 Å². The summed E-state index contributed by atoms with van der Waals surface area (Å²) in [5.74, 6) is -0.135. The smallest absolute Gasteiger partial charge is 0.146 e. The molecule has 2 rings (SSSR count). The van der Waals surface area contributed by atoms with Gasteiger partial charge in [0.05, 0.1) is 18.9 Å². The predicted octanol–water partition coefficient (Wildman–Crippen LogP) is 2.72. The third-order valence-electron chi connectivity index (χ3n) is 3.52. The number of halogens is 1. The first-order valence-electron chi connectivity index (χ1n) is 7.08. The van der Waals surface area contributed by atoms with Gasteiger partial charge in [-0.05, 0) is 37.6 Å². The Bertz CT molecular complexity index is 405. The van der Waals surface area contributed by atoms with Crippen molar-refractivity contribution >= 4 is 5.69 Å². The molecule has 4 heteroatoms. The van der Waals surface area contributed by atoms with Crippen LogP contribution in [0.1, 0.15) is 31.9 Å². The molecule has 0 spiro atoms. The van der Waals surface area contributed by atoms with E-state index >= 15 is 0 Å². The van der Waals surface area contributed by atoms with Crippen molar-refractivity contribution in [1.82, 2.24) is 5.32 Å². The van der Waals surface area contributed by atoms with Crippen LogP contribution in [-0.4, -0.2) is 32.8 Å². The largest absolute Gasteiger partial charge is 0.378 e. The molecule has 1 saturated heterocycles. The van der Waals surface area contributed by atoms with Gasteiger partial charge in [0.25, 0.3) is 0 Å². The van der Waals surface area contributed by atoms with Gasteiger partial charge in [-0.3, -0.25) is 0 Å². The van der Waals surface area contributed by atoms with E-state index in [1.54, 1.807) is 6.07 Å². The quantitative estimate of drug-likeness (QED) is 0.887. The highest BCUT2D eigenvalue weighted by Crippen LogP contribution is 2.24. The van der Waals surface area contributed by atoms with Crippen molar-refractivity contribution in [2.45, 2.75) is 26.3 Å². The van der Waals surface area contributed by atoms with Crippen LogP contribution in [0, 0.1) is 5.82 Å². The summed E-state index contributed by atoms with van der Waals surface area (Å²) >= 11 is 0. The Morgan fingerprint density at radius 3 is 2.74 bits per heavy atom. The van der Waals surface area contributed by atoms with Crippen LogP contribution in [-0.2, 0) is 4.74 Å². The Morgan fingerprint density at radius 2 is 2.11 bits per heavy atom. The van der Waals surface area contributed by atoms with E-state index in [9.17, 15) is 4.39 Å². The minimum absolute atomic E-state index is 0.135. The van der Waals surface area contributed by atoms with E-state index in [1.807, 2.05) is 17.0 Å². The molecule has 1 aliphatic heterocycles. The highest BCUT2D eigenvalue weighted by atomic mass is 19.1. The Balaban J connectivity index is 2.07. The molecule has 1 aliphatic rings. The molecule has 0 saturated carbocycles. The van der Waals surface area contributed by atoms with E-state index in [2.05, 4.69) is 19.2 Å². The molecule has 1 heterocycles. The molecule has 0 amide bonds. The standard InChI is InChI=1S/C15H23FN2O/c1-3-6-17-12(2)13-4-5-15(14(16)11-13)18-7-9-19-10-8-18/h4-5,11-12,17H,3,6-10H2,1-2H3/t12-/m1/s1. The number of rotatable bonds is 5. The SMILES string of the molecule is CCCN[C@H](C)c1ccc(N2CCOCC2)c(F)c1. The van der Waals surface area contributed by atoms with Crippen LogP contribution in [0.15, 0.2) is 18.2 Å². The third kappa shape index (κ3) is 3.67. The molecule has 0 aromatic heterocycles. The van der Waals surface area contributed by atoms with Crippen LogP contribution in [0.4, 0.5) is 10.1 Å². The van der Waals surface area contributed by atoms with Gasteiger partial charge >= 0.3 is 0 Å². The predicted molar refractivity (Wildman–Crippen MR) is 76.1 cm³/mol. The number of nitrogens with zero attached hydrogens (tertiary/aromatic N) is 1. The molecule has 1 aromatic carbocycles. The summed E-state index contributed by atoms with van der Waals surface area (Å²) in [6.07, 6.45) is 1.08. The average Bonchev–Trinajstić information content (AvgIpc) is 2.45. The van der Waals surface area contributed by atoms with E-state index in [4.69, 9.17) is 4.74 Å². The van der Waals surface area contributed by atoms with Crippen molar-refractivity contribution in [1.29, 1.82) is 0 Å². The highest BCUT2D eigenvalue weighted by molar-refractivity contribution is 5.49. The molecule has 0 bridgehead atoms. The molecular formula is C15H23FN2O. The van der Waals surface area contributed by atoms with E-state index in [-0.39, 0.29) is 11.9 Å². The zero-order chi connectivity index (χ0) is 13.7. The van der Waals surface area contributed by atoms with Gasteiger partial charge in [-0.1, -0.05) is 13.0 Å². The zero-order valence-electron chi connectivity index (χ0n) is 11.8. The maximum Gasteiger partial charge on any atom is 0.146 e. The summed E-state index contributed by atoms with van der Waals surface area (Å²) in [5, 5.41) is 3.37. The van der Waals surface area contributed by atoms with E-state index in [0.717, 1.165) is 31.6 Å². The first-order valence-corrected chi connectivity index (χ1v) is 7.08. The number of hydrogen-bond acceptors (Lipinski definition) is 3. The lowest BCUT2D eigenvalue weighted by Gasteiger charge is -2.29. The molecule has 1 N–H and O–H groups in total. The minimum Gasteiger partial charge on any atom is -0.378 e. The number of anilines is 1. The first kappa shape index (κ1) is 14.3. The topological polar surface area (TPSA) is 24.5 Å². The fourth-order valence-electron chi connectivity index (χ4n) is 2.33. The van der Waals surface area contributed by atoms with Crippen molar-refractivity contribution in [2.24, 2.45) is 0 Å². The van der Waals surface area contributed by atoms with Gasteiger partial charge in [-0.2, -0.15) is 0 Å². The normalized spacial score (nSPS) is 17.5. The Kier molecular flexibility index (Phi) is 5.16. The molecule has 1 fully saturated rings. The van der Waals surface area contributed by atoms with Gasteiger partial charge in [-0.15, -0.1) is 0 Å². The van der Waals surface area contributed by atoms with Gasteiger partial charge in [0, 0.05) is 19.1 Å². The second kappa shape index (κ2) is 6.87. The van der Waals surface area contributed by atoms with Gasteiger partial charge in [-0.25, -0.2) is 4.39 Å². The molecule has 0 radical (unpaired) electrons. The van der Waals surface area contributed by atoms with Crippen LogP contribution in [0.5, 0.6) is 0 Å². The fraction of sp³-hybridized carbons (Fsp3) is 0.600. The van der Waals surface area contributed by atoms with Crippen molar-refractivity contribution in [3.8, 4) is 0 Å². The highest BCUT2D eigenvalue weighted by Gasteiger charge is 2.16. The number of nitrogens with one attached hydrogen (secondary N) is 1. The molecule has 3 nitrogen and oxygen atoms in total. The van der Waals surface area contributed by atoms with E-state index in [0.29, 0.717) is 18.9 Å². The maximum atomic E-state index is 14.2. The van der Waals surface area contributed by atoms with E-state index < -0.39 is 0 Å². The molecule has 106 valence electrons. The monoisotopic (exact) mass is 266 g/mol. The van der Waals surface area contributed by atoms with Gasteiger partial charge in [0.1, 0.15) is 5.82 Å². The summed E-state index contributed by atoms with van der Waals surface area (Å²) in [4.78, 5) is 2.05. The Hall–Kier alpha value is -1.13. The molecular weight excluding hydrogens is 243 g/mol. The van der Waals surface area contributed by atoms with Crippen molar-refractivity contribution in [3.63, 3.8) is 0 Å². The number of ether oxygens (including phenoxy) is 1. The first-order chi connectivity index (χ1) is 9.22. The minimum atomic E-state index is -0.135. The maximum absolute atomic E-state index is 14.2. The number of benzene rings is 1. The van der Waals surface area contributed by atoms with Crippen LogP contribution < -0.4 is 10.2 Å². The van der Waals surface area contributed by atoms with Gasteiger partial charge in [0.2, 0.25) is 0 Å². The second-order valence-corrected chi connectivity index (χ2v) is 4.99. The van der Waals surface area contributed by atoms with Crippen molar-refractivity contribution < 1.29 is 9.13 Å². The summed E-state index contributed by atoms with van der Waals surface area (Å²) in [5.41, 5.74) is 1.69. The van der Waals surface area contributed by atoms with Crippen LogP contribution >= 0.6 is 0 Å². The molecule has 19 heavy (non-hydrogen) atoms. The van der Waals surface area contributed by atoms with Crippen LogP contribution in [0.25, 0.3) is 0 Å². The van der Waals surface area contributed by atoms with Crippen molar-refractivity contribution in [3.05, 3.63) is 29.6 Å². The fourth-order valence-corrected chi connectivity index (χ4v) is 2.33. The van der Waals surface area contributed by atoms with Gasteiger partial charge < -0.3 is 15.0 Å². The van der Waals surface area contributed by atoms with Gasteiger partial charge in [0.15, 0.2) is 0 Å². The third-order valence-corrected chi connectivity index (χ3v) is 3.52. The lowest BCUT2D eigenvalue weighted by atomic mass is 10.1. The second-order valence-electron chi connectivity index (χ2n) is 4.99. The lowest BCUT2D eigenvalue weighted by molar-refractivity contribution is 0.122. The average molecular weight is 266 g/mol. The van der Waals surface area contributed by atoms with Crippen molar-refractivity contribution in [2.75, 3.05) is 37.7 Å². The van der Waals surface area contributed by atoms with E-state index in [1.165, 1.54) is 0 Å².